The minimum atomic E-state index is -0.605. The van der Waals surface area contributed by atoms with Crippen molar-refractivity contribution in [3.8, 4) is 0 Å². The molecule has 1 unspecified atom stereocenters. The number of ether oxygens (including phenoxy) is 1. The summed E-state index contributed by atoms with van der Waals surface area (Å²) in [4.78, 5) is 12.1. The molecule has 1 amide bonds. The van der Waals surface area contributed by atoms with Crippen LogP contribution in [0.3, 0.4) is 0 Å². The Balaban J connectivity index is 1.87. The second-order valence-electron chi connectivity index (χ2n) is 5.71. The number of amides is 1. The van der Waals surface area contributed by atoms with Crippen LogP contribution in [0, 0.1) is 5.41 Å². The Morgan fingerprint density at radius 3 is 2.53 bits per heavy atom. The van der Waals surface area contributed by atoms with Crippen molar-refractivity contribution in [2.75, 3.05) is 19.0 Å². The van der Waals surface area contributed by atoms with E-state index in [4.69, 9.17) is 16.3 Å². The molecule has 0 radical (unpaired) electrons. The fourth-order valence-corrected chi connectivity index (χ4v) is 3.26. The van der Waals surface area contributed by atoms with Crippen LogP contribution in [0.2, 0.25) is 0 Å². The highest BCUT2D eigenvalue weighted by molar-refractivity contribution is 6.18. The number of rotatable bonds is 4. The van der Waals surface area contributed by atoms with E-state index in [9.17, 15) is 4.79 Å². The van der Waals surface area contributed by atoms with Gasteiger partial charge in [-0.1, -0.05) is 12.8 Å². The lowest BCUT2D eigenvalue weighted by Crippen LogP contribution is -2.47. The average molecular weight is 260 g/mol. The lowest BCUT2D eigenvalue weighted by molar-refractivity contribution is -0.140. The van der Waals surface area contributed by atoms with Gasteiger partial charge in [-0.25, -0.2) is 0 Å². The molecule has 0 spiro atoms. The van der Waals surface area contributed by atoms with Crippen LogP contribution < -0.4 is 5.32 Å². The number of halogens is 1. The summed E-state index contributed by atoms with van der Waals surface area (Å²) in [6.07, 6.45) is 6.53. The van der Waals surface area contributed by atoms with Gasteiger partial charge in [0.15, 0.2) is 0 Å². The van der Waals surface area contributed by atoms with Gasteiger partial charge in [0.25, 0.3) is 5.91 Å². The van der Waals surface area contributed by atoms with E-state index >= 15 is 0 Å². The number of carbonyl (C=O) groups is 1. The summed E-state index contributed by atoms with van der Waals surface area (Å²) >= 11 is 6.06. The summed E-state index contributed by atoms with van der Waals surface area (Å²) in [5.41, 5.74) is -0.474. The lowest BCUT2D eigenvalue weighted by Gasteiger charge is -2.29. The first-order valence-electron chi connectivity index (χ1n) is 6.59. The zero-order valence-corrected chi connectivity index (χ0v) is 11.3. The Morgan fingerprint density at radius 2 is 2.00 bits per heavy atom. The van der Waals surface area contributed by atoms with Crippen LogP contribution in [0.1, 0.15) is 45.4 Å². The van der Waals surface area contributed by atoms with Crippen molar-refractivity contribution in [2.45, 2.75) is 51.0 Å². The minimum Gasteiger partial charge on any atom is -0.365 e. The van der Waals surface area contributed by atoms with Gasteiger partial charge in [0.1, 0.15) is 5.60 Å². The molecule has 1 aliphatic heterocycles. The predicted octanol–water partition coefficient (Wildman–Crippen LogP) is 2.47. The van der Waals surface area contributed by atoms with Crippen LogP contribution in [0.25, 0.3) is 0 Å². The largest absolute Gasteiger partial charge is 0.365 e. The number of hydrogen-bond acceptors (Lipinski definition) is 2. The zero-order valence-electron chi connectivity index (χ0n) is 10.6. The Morgan fingerprint density at radius 1 is 1.29 bits per heavy atom. The second-order valence-corrected chi connectivity index (χ2v) is 5.97. The van der Waals surface area contributed by atoms with Crippen LogP contribution in [-0.2, 0) is 9.53 Å². The van der Waals surface area contributed by atoms with Gasteiger partial charge in [-0.2, -0.15) is 0 Å². The van der Waals surface area contributed by atoms with Crippen molar-refractivity contribution in [1.82, 2.24) is 5.32 Å². The third-order valence-electron chi connectivity index (χ3n) is 4.27. The summed E-state index contributed by atoms with van der Waals surface area (Å²) in [5, 5.41) is 3.05. The van der Waals surface area contributed by atoms with E-state index in [1.807, 2.05) is 6.92 Å². The van der Waals surface area contributed by atoms with Crippen LogP contribution >= 0.6 is 11.6 Å². The number of hydrogen-bond donors (Lipinski definition) is 1. The van der Waals surface area contributed by atoms with E-state index in [0.29, 0.717) is 19.0 Å². The Hall–Kier alpha value is -0.280. The molecule has 1 saturated carbocycles. The van der Waals surface area contributed by atoms with Gasteiger partial charge in [0.2, 0.25) is 0 Å². The molecule has 1 aliphatic carbocycles. The topological polar surface area (TPSA) is 38.3 Å². The lowest BCUT2D eigenvalue weighted by atomic mass is 9.88. The number of nitrogens with one attached hydrogen (secondary N) is 1. The normalized spacial score (nSPS) is 31.6. The van der Waals surface area contributed by atoms with Crippen molar-refractivity contribution in [2.24, 2.45) is 5.41 Å². The monoisotopic (exact) mass is 259 g/mol. The van der Waals surface area contributed by atoms with Crippen LogP contribution in [0.15, 0.2) is 0 Å². The first-order chi connectivity index (χ1) is 8.10. The first-order valence-corrected chi connectivity index (χ1v) is 7.12. The molecular weight excluding hydrogens is 238 g/mol. The quantitative estimate of drug-likeness (QED) is 0.788. The maximum atomic E-state index is 12.1. The van der Waals surface area contributed by atoms with Gasteiger partial charge in [-0.15, -0.1) is 11.6 Å². The van der Waals surface area contributed by atoms with Crippen molar-refractivity contribution < 1.29 is 9.53 Å². The fraction of sp³-hybridized carbons (Fsp3) is 0.923. The molecule has 0 aromatic heterocycles. The highest BCUT2D eigenvalue weighted by atomic mass is 35.5. The molecule has 1 atom stereocenters. The number of alkyl halides is 1. The van der Waals surface area contributed by atoms with Crippen LogP contribution in [0.4, 0.5) is 0 Å². The van der Waals surface area contributed by atoms with Crippen LogP contribution in [0.5, 0.6) is 0 Å². The Labute approximate surface area is 108 Å². The van der Waals surface area contributed by atoms with Crippen molar-refractivity contribution >= 4 is 17.5 Å². The summed E-state index contributed by atoms with van der Waals surface area (Å²) < 4.78 is 5.54. The van der Waals surface area contributed by atoms with E-state index in [2.05, 4.69) is 5.32 Å². The van der Waals surface area contributed by atoms with E-state index in [1.54, 1.807) is 0 Å². The molecule has 0 aromatic carbocycles. The molecule has 0 bridgehead atoms. The van der Waals surface area contributed by atoms with Gasteiger partial charge in [-0.3, -0.25) is 4.79 Å². The van der Waals surface area contributed by atoms with Gasteiger partial charge >= 0.3 is 0 Å². The van der Waals surface area contributed by atoms with Crippen molar-refractivity contribution in [1.29, 1.82) is 0 Å². The number of carbonyl (C=O) groups excluding carboxylic acids is 1. The third kappa shape index (κ3) is 2.76. The highest BCUT2D eigenvalue weighted by Gasteiger charge is 2.40. The van der Waals surface area contributed by atoms with Gasteiger partial charge in [0, 0.05) is 24.4 Å². The molecule has 2 fully saturated rings. The summed E-state index contributed by atoms with van der Waals surface area (Å²) in [7, 11) is 0. The van der Waals surface area contributed by atoms with Crippen molar-refractivity contribution in [3.05, 3.63) is 0 Å². The first kappa shape index (κ1) is 13.2. The van der Waals surface area contributed by atoms with Gasteiger partial charge in [0.05, 0.1) is 0 Å². The summed E-state index contributed by atoms with van der Waals surface area (Å²) in [5.74, 6) is 0.677. The predicted molar refractivity (Wildman–Crippen MR) is 68.2 cm³/mol. The standard InChI is InChI=1S/C13H22ClNO2/c1-12(5-4-8-17-12)11(16)15-10-13(9-14)6-2-3-7-13/h2-10H2,1H3,(H,15,16). The molecule has 1 heterocycles. The van der Waals surface area contributed by atoms with Crippen molar-refractivity contribution in [3.63, 3.8) is 0 Å². The molecule has 2 rings (SSSR count). The summed E-state index contributed by atoms with van der Waals surface area (Å²) in [6, 6.07) is 0. The third-order valence-corrected chi connectivity index (χ3v) is 4.84. The van der Waals surface area contributed by atoms with E-state index in [-0.39, 0.29) is 11.3 Å². The molecule has 1 saturated heterocycles. The molecule has 4 heteroatoms. The molecule has 1 N–H and O–H groups in total. The average Bonchev–Trinajstić information content (AvgIpc) is 2.96. The van der Waals surface area contributed by atoms with Crippen LogP contribution in [-0.4, -0.2) is 30.5 Å². The highest BCUT2D eigenvalue weighted by Crippen LogP contribution is 2.38. The maximum Gasteiger partial charge on any atom is 0.251 e. The smallest absolute Gasteiger partial charge is 0.251 e. The zero-order chi connectivity index (χ0) is 12.4. The molecule has 3 nitrogen and oxygen atoms in total. The van der Waals surface area contributed by atoms with Gasteiger partial charge < -0.3 is 10.1 Å². The SMILES string of the molecule is CC1(C(=O)NCC2(CCl)CCCC2)CCCO1. The Kier molecular flexibility index (Phi) is 3.99. The van der Waals surface area contributed by atoms with Gasteiger partial charge in [-0.05, 0) is 32.6 Å². The summed E-state index contributed by atoms with van der Waals surface area (Å²) in [6.45, 7) is 3.29. The van der Waals surface area contributed by atoms with E-state index in [1.165, 1.54) is 12.8 Å². The fourth-order valence-electron chi connectivity index (χ4n) is 2.90. The Bertz CT molecular complexity index is 281. The van der Waals surface area contributed by atoms with E-state index < -0.39 is 5.60 Å². The molecule has 2 aliphatic rings. The molecule has 17 heavy (non-hydrogen) atoms. The molecule has 98 valence electrons. The maximum absolute atomic E-state index is 12.1. The molecular formula is C13H22ClNO2. The van der Waals surface area contributed by atoms with E-state index in [0.717, 1.165) is 25.7 Å². The minimum absolute atomic E-state index is 0.0337. The second kappa shape index (κ2) is 5.15. The molecule has 0 aromatic rings.